The Balaban J connectivity index is 4.06. The van der Waals surface area contributed by atoms with Crippen LogP contribution in [-0.4, -0.2) is 10.5 Å². The van der Waals surface area contributed by atoms with Gasteiger partial charge in [0.05, 0.1) is 8.47 Å². The van der Waals surface area contributed by atoms with Gasteiger partial charge in [0, 0.05) is 10.5 Å². The summed E-state index contributed by atoms with van der Waals surface area (Å²) in [6, 6.07) is 0. The zero-order valence-electron chi connectivity index (χ0n) is 7.87. The van der Waals surface area contributed by atoms with E-state index in [4.69, 9.17) is 0 Å². The fraction of sp³-hybridized carbons (Fsp3) is 0.750. The Morgan fingerprint density at radius 3 is 1.25 bits per heavy atom. The average molecular weight is 240 g/mol. The quantitative estimate of drug-likeness (QED) is 0.705. The van der Waals surface area contributed by atoms with Crippen molar-refractivity contribution in [2.75, 3.05) is 0 Å². The lowest BCUT2D eigenvalue weighted by Crippen LogP contribution is -1.88. The molecule has 12 heavy (non-hydrogen) atoms. The molecule has 0 heterocycles. The molecule has 0 aliphatic carbocycles. The normalized spacial score (nSPS) is 14.0. The van der Waals surface area contributed by atoms with Gasteiger partial charge in [-0.2, -0.15) is 0 Å². The van der Waals surface area contributed by atoms with Crippen molar-refractivity contribution in [3.8, 4) is 0 Å². The summed E-state index contributed by atoms with van der Waals surface area (Å²) in [6.45, 7) is 8.62. The van der Waals surface area contributed by atoms with E-state index in [0.29, 0.717) is 10.5 Å². The highest BCUT2D eigenvalue weighted by atomic mass is 32.2. The van der Waals surface area contributed by atoms with Gasteiger partial charge < -0.3 is 0 Å². The minimum Gasteiger partial charge on any atom is -0.135 e. The third-order valence-corrected chi connectivity index (χ3v) is 4.36. The molecule has 0 aromatic carbocycles. The van der Waals surface area contributed by atoms with E-state index in [0.717, 1.165) is 8.47 Å². The third-order valence-electron chi connectivity index (χ3n) is 0.878. The van der Waals surface area contributed by atoms with Crippen molar-refractivity contribution in [1.29, 1.82) is 0 Å². The molecule has 0 fully saturated rings. The predicted molar refractivity (Wildman–Crippen MR) is 70.5 cm³/mol. The van der Waals surface area contributed by atoms with Crippen LogP contribution in [0.1, 0.15) is 27.7 Å². The average Bonchev–Trinajstić information content (AvgIpc) is 1.84. The molecule has 0 amide bonds. The van der Waals surface area contributed by atoms with Gasteiger partial charge in [0.1, 0.15) is 0 Å². The summed E-state index contributed by atoms with van der Waals surface area (Å²) >= 11 is 12.3. The van der Waals surface area contributed by atoms with Crippen molar-refractivity contribution in [2.45, 2.75) is 38.2 Å². The van der Waals surface area contributed by atoms with Gasteiger partial charge in [-0.25, -0.2) is 0 Å². The van der Waals surface area contributed by atoms with E-state index in [1.54, 1.807) is 23.5 Å². The summed E-state index contributed by atoms with van der Waals surface area (Å²) in [4.78, 5) is 0. The first-order valence-electron chi connectivity index (χ1n) is 3.89. The molecule has 72 valence electrons. The first kappa shape index (κ1) is 13.1. The Hall–Kier alpha value is 1.14. The van der Waals surface area contributed by atoms with Crippen LogP contribution in [0.4, 0.5) is 0 Å². The Morgan fingerprint density at radius 2 is 1.08 bits per heavy atom. The second-order valence-electron chi connectivity index (χ2n) is 2.94. The third kappa shape index (κ3) is 6.63. The smallest absolute Gasteiger partial charge is 0.0571 e. The van der Waals surface area contributed by atoms with Gasteiger partial charge in [0.15, 0.2) is 0 Å². The van der Waals surface area contributed by atoms with Crippen molar-refractivity contribution >= 4 is 48.8 Å². The Morgan fingerprint density at radius 1 is 0.833 bits per heavy atom. The molecule has 0 bridgehead atoms. The molecule has 0 unspecified atom stereocenters. The van der Waals surface area contributed by atoms with Crippen LogP contribution in [0.15, 0.2) is 8.47 Å². The number of hydrogen-bond acceptors (Lipinski definition) is 4. The van der Waals surface area contributed by atoms with E-state index < -0.39 is 0 Å². The molecule has 0 saturated carbocycles. The predicted octanol–water partition coefficient (Wildman–Crippen LogP) is 4.26. The summed E-state index contributed by atoms with van der Waals surface area (Å²) in [5, 5.41) is 1.15. The van der Waals surface area contributed by atoms with E-state index >= 15 is 0 Å². The maximum absolute atomic E-state index is 4.38. The van der Waals surface area contributed by atoms with E-state index in [-0.39, 0.29) is 0 Å². The highest BCUT2D eigenvalue weighted by Gasteiger charge is 2.05. The zero-order valence-corrected chi connectivity index (χ0v) is 11.3. The zero-order chi connectivity index (χ0) is 9.72. The number of thiol groups is 2. The molecule has 0 aliphatic rings. The highest BCUT2D eigenvalue weighted by Crippen LogP contribution is 2.36. The lowest BCUT2D eigenvalue weighted by Gasteiger charge is -2.09. The second-order valence-corrected chi connectivity index (χ2v) is 7.62. The summed E-state index contributed by atoms with van der Waals surface area (Å²) in [5.74, 6) is 0. The molecule has 4 heteroatoms. The van der Waals surface area contributed by atoms with Crippen LogP contribution in [0.2, 0.25) is 0 Å². The maximum atomic E-state index is 4.38. The maximum Gasteiger partial charge on any atom is 0.0571 e. The highest BCUT2D eigenvalue weighted by molar-refractivity contribution is 8.21. The minimum absolute atomic E-state index is 0.576. The van der Waals surface area contributed by atoms with Gasteiger partial charge >= 0.3 is 0 Å². The summed E-state index contributed by atoms with van der Waals surface area (Å²) in [5.41, 5.74) is 0. The number of hydrogen-bond donors (Lipinski definition) is 2. The van der Waals surface area contributed by atoms with E-state index in [2.05, 4.69) is 53.0 Å². The number of thioether (sulfide) groups is 2. The van der Waals surface area contributed by atoms with Crippen molar-refractivity contribution in [2.24, 2.45) is 0 Å². The summed E-state index contributed by atoms with van der Waals surface area (Å²) in [7, 11) is 0. The van der Waals surface area contributed by atoms with Crippen LogP contribution in [0.25, 0.3) is 0 Å². The lowest BCUT2D eigenvalue weighted by atomic mass is 10.6. The number of rotatable bonds is 4. The molecular formula is C8H16S4. The molecule has 0 spiro atoms. The largest absolute Gasteiger partial charge is 0.135 e. The molecule has 0 nitrogen and oxygen atoms in total. The lowest BCUT2D eigenvalue weighted by molar-refractivity contribution is 1.12. The van der Waals surface area contributed by atoms with Gasteiger partial charge in [-0.15, -0.1) is 48.8 Å². The second kappa shape index (κ2) is 6.57. The van der Waals surface area contributed by atoms with Crippen molar-refractivity contribution in [3.05, 3.63) is 8.47 Å². The van der Waals surface area contributed by atoms with Crippen LogP contribution in [0, 0.1) is 0 Å². The van der Waals surface area contributed by atoms with Gasteiger partial charge in [0.25, 0.3) is 0 Å². The monoisotopic (exact) mass is 240 g/mol. The van der Waals surface area contributed by atoms with Gasteiger partial charge in [-0.05, 0) is 0 Å². The first-order valence-corrected chi connectivity index (χ1v) is 6.54. The molecule has 0 N–H and O–H groups in total. The van der Waals surface area contributed by atoms with E-state index in [1.165, 1.54) is 0 Å². The molecular weight excluding hydrogens is 224 g/mol. The summed E-state index contributed by atoms with van der Waals surface area (Å²) < 4.78 is 2.07. The van der Waals surface area contributed by atoms with Crippen molar-refractivity contribution < 1.29 is 0 Å². The van der Waals surface area contributed by atoms with E-state index in [9.17, 15) is 0 Å². The van der Waals surface area contributed by atoms with Crippen LogP contribution in [-0.2, 0) is 0 Å². The van der Waals surface area contributed by atoms with Crippen molar-refractivity contribution in [1.82, 2.24) is 0 Å². The summed E-state index contributed by atoms with van der Waals surface area (Å²) in [6.07, 6.45) is 0. The molecule has 0 aromatic heterocycles. The molecule has 0 aromatic rings. The van der Waals surface area contributed by atoms with Crippen LogP contribution in [0.3, 0.4) is 0 Å². The minimum atomic E-state index is 0.576. The Bertz CT molecular complexity index is 142. The molecule has 0 aliphatic heterocycles. The van der Waals surface area contributed by atoms with Gasteiger partial charge in [-0.3, -0.25) is 0 Å². The van der Waals surface area contributed by atoms with Crippen LogP contribution < -0.4 is 0 Å². The molecule has 0 atom stereocenters. The molecule has 0 saturated heterocycles. The molecule has 0 radical (unpaired) electrons. The van der Waals surface area contributed by atoms with Gasteiger partial charge in [0.2, 0.25) is 0 Å². The Labute approximate surface area is 95.2 Å². The van der Waals surface area contributed by atoms with Crippen molar-refractivity contribution in [3.63, 3.8) is 0 Å². The van der Waals surface area contributed by atoms with Crippen LogP contribution >= 0.6 is 48.8 Å². The Kier molecular flexibility index (Phi) is 7.20. The standard InChI is InChI=1S/C8H16S4/c1-5(2)11-7(9)8(10)12-6(3)4/h5-6,9-10H,1-4H3. The SMILES string of the molecule is CC(C)SC(S)=C(S)SC(C)C. The van der Waals surface area contributed by atoms with Gasteiger partial charge in [-0.1, -0.05) is 27.7 Å². The fourth-order valence-electron chi connectivity index (χ4n) is 0.547. The van der Waals surface area contributed by atoms with Crippen LogP contribution in [0.5, 0.6) is 0 Å². The molecule has 0 rings (SSSR count). The van der Waals surface area contributed by atoms with E-state index in [1.807, 2.05) is 0 Å². The topological polar surface area (TPSA) is 0 Å². The first-order chi connectivity index (χ1) is 5.43. The fourth-order valence-corrected chi connectivity index (χ4v) is 3.51.